The maximum absolute atomic E-state index is 11.4. The molecule has 1 aromatic rings. The molecular formula is C10H14O3S. The van der Waals surface area contributed by atoms with Crippen molar-refractivity contribution in [3.05, 3.63) is 35.9 Å². The predicted octanol–water partition coefficient (Wildman–Crippen LogP) is 0.289. The van der Waals surface area contributed by atoms with Crippen LogP contribution in [-0.4, -0.2) is 32.9 Å². The van der Waals surface area contributed by atoms with Gasteiger partial charge in [0.25, 0.3) is 0 Å². The number of hydrogen-bond donors (Lipinski definition) is 2. The van der Waals surface area contributed by atoms with E-state index in [9.17, 15) is 4.21 Å². The lowest BCUT2D eigenvalue weighted by Gasteiger charge is -2.06. The highest BCUT2D eigenvalue weighted by Crippen LogP contribution is 2.03. The fourth-order valence-corrected chi connectivity index (χ4v) is 2.30. The number of aliphatic hydroxyl groups excluding tert-OH is 2. The predicted molar refractivity (Wildman–Crippen MR) is 56.2 cm³/mol. The minimum absolute atomic E-state index is 0.130. The van der Waals surface area contributed by atoms with E-state index in [2.05, 4.69) is 0 Å². The summed E-state index contributed by atoms with van der Waals surface area (Å²) in [6, 6.07) is 9.45. The second-order valence-corrected chi connectivity index (χ2v) is 4.57. The molecule has 2 N–H and O–H groups in total. The molecule has 2 atom stereocenters. The van der Waals surface area contributed by atoms with E-state index in [-0.39, 0.29) is 12.4 Å². The molecule has 0 saturated carbocycles. The molecule has 0 aliphatic heterocycles. The zero-order chi connectivity index (χ0) is 10.4. The minimum atomic E-state index is -1.11. The van der Waals surface area contributed by atoms with E-state index in [1.807, 2.05) is 30.3 Å². The van der Waals surface area contributed by atoms with Gasteiger partial charge in [-0.25, -0.2) is 0 Å². The first-order valence-electron chi connectivity index (χ1n) is 4.40. The molecule has 3 nitrogen and oxygen atoms in total. The summed E-state index contributed by atoms with van der Waals surface area (Å²) in [5.41, 5.74) is 0.982. The highest BCUT2D eigenvalue weighted by molar-refractivity contribution is 7.84. The highest BCUT2D eigenvalue weighted by Gasteiger charge is 2.08. The molecular weight excluding hydrogens is 200 g/mol. The maximum Gasteiger partial charge on any atom is 0.0885 e. The lowest BCUT2D eigenvalue weighted by atomic mass is 10.2. The van der Waals surface area contributed by atoms with Gasteiger partial charge in [0.05, 0.1) is 18.5 Å². The van der Waals surface area contributed by atoms with Crippen LogP contribution in [0.2, 0.25) is 0 Å². The van der Waals surface area contributed by atoms with Crippen molar-refractivity contribution in [3.8, 4) is 0 Å². The summed E-state index contributed by atoms with van der Waals surface area (Å²) < 4.78 is 11.4. The summed E-state index contributed by atoms with van der Waals surface area (Å²) in [7, 11) is -1.11. The van der Waals surface area contributed by atoms with Gasteiger partial charge in [0.15, 0.2) is 0 Å². The number of rotatable bonds is 5. The molecule has 0 unspecified atom stereocenters. The second-order valence-electron chi connectivity index (χ2n) is 3.07. The van der Waals surface area contributed by atoms with E-state index in [0.717, 1.165) is 5.56 Å². The molecule has 1 aromatic carbocycles. The lowest BCUT2D eigenvalue weighted by molar-refractivity contribution is 0.113. The molecule has 4 heteroatoms. The van der Waals surface area contributed by atoms with Crippen molar-refractivity contribution in [1.29, 1.82) is 0 Å². The van der Waals surface area contributed by atoms with E-state index in [1.54, 1.807) is 0 Å². The average Bonchev–Trinajstić information content (AvgIpc) is 2.19. The molecule has 0 heterocycles. The van der Waals surface area contributed by atoms with Crippen LogP contribution in [-0.2, 0) is 16.6 Å². The third-order valence-electron chi connectivity index (χ3n) is 1.76. The number of aliphatic hydroxyl groups is 2. The van der Waals surface area contributed by atoms with E-state index in [4.69, 9.17) is 10.2 Å². The van der Waals surface area contributed by atoms with E-state index < -0.39 is 16.9 Å². The highest BCUT2D eigenvalue weighted by atomic mass is 32.2. The van der Waals surface area contributed by atoms with Gasteiger partial charge in [0.2, 0.25) is 0 Å². The molecule has 14 heavy (non-hydrogen) atoms. The van der Waals surface area contributed by atoms with Crippen LogP contribution in [0.25, 0.3) is 0 Å². The molecule has 0 aromatic heterocycles. The third kappa shape index (κ3) is 4.00. The van der Waals surface area contributed by atoms with Crippen LogP contribution in [0.3, 0.4) is 0 Å². The molecule has 0 bridgehead atoms. The largest absolute Gasteiger partial charge is 0.394 e. The molecule has 0 amide bonds. The Labute approximate surface area is 85.9 Å². The van der Waals surface area contributed by atoms with Crippen LogP contribution in [0.15, 0.2) is 30.3 Å². The Morgan fingerprint density at radius 1 is 1.29 bits per heavy atom. The van der Waals surface area contributed by atoms with E-state index in [0.29, 0.717) is 5.75 Å². The summed E-state index contributed by atoms with van der Waals surface area (Å²) in [4.78, 5) is 0. The van der Waals surface area contributed by atoms with Gasteiger partial charge in [-0.1, -0.05) is 30.3 Å². The van der Waals surface area contributed by atoms with Crippen molar-refractivity contribution in [2.45, 2.75) is 11.9 Å². The van der Waals surface area contributed by atoms with Crippen molar-refractivity contribution in [2.24, 2.45) is 0 Å². The van der Waals surface area contributed by atoms with Gasteiger partial charge in [-0.2, -0.15) is 0 Å². The molecule has 0 radical (unpaired) electrons. The summed E-state index contributed by atoms with van der Waals surface area (Å²) >= 11 is 0. The SMILES string of the molecule is O=[S@@](Cc1ccccc1)C[C@H](O)CO. The molecule has 0 fully saturated rings. The first-order valence-corrected chi connectivity index (χ1v) is 5.89. The van der Waals surface area contributed by atoms with Crippen molar-refractivity contribution >= 4 is 10.8 Å². The maximum atomic E-state index is 11.4. The van der Waals surface area contributed by atoms with Crippen molar-refractivity contribution in [1.82, 2.24) is 0 Å². The normalized spacial score (nSPS) is 15.0. The summed E-state index contributed by atoms with van der Waals surface area (Å²) in [5.74, 6) is 0.559. The standard InChI is InChI=1S/C10H14O3S/c11-6-10(12)8-14(13)7-9-4-2-1-3-5-9/h1-5,10-12H,6-8H2/t10-,14+/m1/s1. The van der Waals surface area contributed by atoms with Gasteiger partial charge in [-0.3, -0.25) is 4.21 Å². The summed E-state index contributed by atoms with van der Waals surface area (Å²) in [6.45, 7) is -0.333. The fourth-order valence-electron chi connectivity index (χ4n) is 1.09. The van der Waals surface area contributed by atoms with Crippen LogP contribution in [0.4, 0.5) is 0 Å². The Morgan fingerprint density at radius 3 is 2.50 bits per heavy atom. The fraction of sp³-hybridized carbons (Fsp3) is 0.400. The Morgan fingerprint density at radius 2 is 1.93 bits per heavy atom. The zero-order valence-corrected chi connectivity index (χ0v) is 8.61. The van der Waals surface area contributed by atoms with E-state index >= 15 is 0 Å². The van der Waals surface area contributed by atoms with Crippen LogP contribution in [0.1, 0.15) is 5.56 Å². The van der Waals surface area contributed by atoms with Gasteiger partial charge >= 0.3 is 0 Å². The van der Waals surface area contributed by atoms with Gasteiger partial charge in [0, 0.05) is 16.6 Å². The topological polar surface area (TPSA) is 57.5 Å². The molecule has 78 valence electrons. The Kier molecular flexibility index (Phi) is 4.79. The monoisotopic (exact) mass is 214 g/mol. The van der Waals surface area contributed by atoms with Crippen molar-refractivity contribution in [3.63, 3.8) is 0 Å². The zero-order valence-electron chi connectivity index (χ0n) is 7.80. The first-order chi connectivity index (χ1) is 6.72. The quantitative estimate of drug-likeness (QED) is 0.740. The summed E-state index contributed by atoms with van der Waals surface area (Å²) in [5, 5.41) is 17.6. The van der Waals surface area contributed by atoms with Gasteiger partial charge in [0.1, 0.15) is 0 Å². The Hall–Kier alpha value is -0.710. The Balaban J connectivity index is 2.42. The van der Waals surface area contributed by atoms with Gasteiger partial charge < -0.3 is 10.2 Å². The van der Waals surface area contributed by atoms with Crippen LogP contribution in [0.5, 0.6) is 0 Å². The lowest BCUT2D eigenvalue weighted by Crippen LogP contribution is -2.21. The third-order valence-corrected chi connectivity index (χ3v) is 3.17. The minimum Gasteiger partial charge on any atom is -0.394 e. The first kappa shape index (κ1) is 11.4. The van der Waals surface area contributed by atoms with Crippen molar-refractivity contribution in [2.75, 3.05) is 12.4 Å². The molecule has 0 saturated heterocycles. The average molecular weight is 214 g/mol. The van der Waals surface area contributed by atoms with Crippen LogP contribution in [0, 0.1) is 0 Å². The molecule has 0 aliphatic rings. The molecule has 0 aliphatic carbocycles. The second kappa shape index (κ2) is 5.90. The number of benzene rings is 1. The number of hydrogen-bond acceptors (Lipinski definition) is 3. The summed E-state index contributed by atoms with van der Waals surface area (Å²) in [6.07, 6.45) is -0.875. The Bertz CT molecular complexity index is 287. The van der Waals surface area contributed by atoms with E-state index in [1.165, 1.54) is 0 Å². The van der Waals surface area contributed by atoms with Gasteiger partial charge in [-0.15, -0.1) is 0 Å². The van der Waals surface area contributed by atoms with Crippen molar-refractivity contribution < 1.29 is 14.4 Å². The van der Waals surface area contributed by atoms with Crippen LogP contribution >= 0.6 is 0 Å². The molecule has 1 rings (SSSR count). The molecule has 0 spiro atoms. The van der Waals surface area contributed by atoms with Crippen LogP contribution < -0.4 is 0 Å². The van der Waals surface area contributed by atoms with Gasteiger partial charge in [-0.05, 0) is 5.56 Å². The smallest absolute Gasteiger partial charge is 0.0885 e.